The standard InChI is InChI=1S/C21H20N2O4/c24-19-13-14-5-1-4-8-18(14)23(19)15-9-11-22(12-10-15)20(25)16-6-2-3-7-17(16)21(26)27/h1-8,15H,9-13H2,(H,26,27). The first-order valence-electron chi connectivity index (χ1n) is 9.08. The lowest BCUT2D eigenvalue weighted by Gasteiger charge is -2.37. The third-order valence-corrected chi connectivity index (χ3v) is 5.37. The molecule has 2 amide bonds. The molecule has 1 saturated heterocycles. The molecule has 0 bridgehead atoms. The molecule has 2 aromatic rings. The maximum Gasteiger partial charge on any atom is 0.336 e. The van der Waals surface area contributed by atoms with E-state index in [0.717, 1.165) is 11.3 Å². The Morgan fingerprint density at radius 2 is 1.56 bits per heavy atom. The Kier molecular flexibility index (Phi) is 4.39. The van der Waals surface area contributed by atoms with Crippen LogP contribution in [-0.4, -0.2) is 46.9 Å². The number of carboxylic acid groups (broad SMARTS) is 1. The van der Waals surface area contributed by atoms with Crippen molar-refractivity contribution >= 4 is 23.5 Å². The van der Waals surface area contributed by atoms with Gasteiger partial charge in [0.05, 0.1) is 17.5 Å². The van der Waals surface area contributed by atoms with E-state index in [1.54, 1.807) is 23.1 Å². The number of hydrogen-bond acceptors (Lipinski definition) is 3. The highest BCUT2D eigenvalue weighted by atomic mass is 16.4. The highest BCUT2D eigenvalue weighted by Crippen LogP contribution is 2.33. The molecule has 138 valence electrons. The first kappa shape index (κ1) is 17.3. The molecule has 6 heteroatoms. The molecule has 27 heavy (non-hydrogen) atoms. The molecule has 0 spiro atoms. The van der Waals surface area contributed by atoms with Gasteiger partial charge in [0, 0.05) is 24.8 Å². The van der Waals surface area contributed by atoms with E-state index in [-0.39, 0.29) is 29.0 Å². The fourth-order valence-electron chi connectivity index (χ4n) is 4.03. The number of likely N-dealkylation sites (tertiary alicyclic amines) is 1. The number of nitrogens with zero attached hydrogens (tertiary/aromatic N) is 2. The van der Waals surface area contributed by atoms with E-state index >= 15 is 0 Å². The van der Waals surface area contributed by atoms with E-state index in [1.165, 1.54) is 6.07 Å². The average molecular weight is 364 g/mol. The quantitative estimate of drug-likeness (QED) is 0.908. The summed E-state index contributed by atoms with van der Waals surface area (Å²) in [5.74, 6) is -1.26. The molecule has 0 radical (unpaired) electrons. The van der Waals surface area contributed by atoms with Crippen molar-refractivity contribution in [2.45, 2.75) is 25.3 Å². The summed E-state index contributed by atoms with van der Waals surface area (Å²) in [5, 5.41) is 9.31. The van der Waals surface area contributed by atoms with Gasteiger partial charge in [0.1, 0.15) is 0 Å². The predicted octanol–water partition coefficient (Wildman–Crippen LogP) is 2.58. The smallest absolute Gasteiger partial charge is 0.336 e. The molecule has 0 atom stereocenters. The van der Waals surface area contributed by atoms with Crippen molar-refractivity contribution in [1.29, 1.82) is 0 Å². The first-order valence-corrected chi connectivity index (χ1v) is 9.08. The first-order chi connectivity index (χ1) is 13.1. The van der Waals surface area contributed by atoms with Gasteiger partial charge in [-0.15, -0.1) is 0 Å². The molecule has 6 nitrogen and oxygen atoms in total. The van der Waals surface area contributed by atoms with Crippen molar-refractivity contribution in [3.05, 3.63) is 65.2 Å². The second kappa shape index (κ2) is 6.87. The van der Waals surface area contributed by atoms with Gasteiger partial charge in [0.25, 0.3) is 5.91 Å². The molecule has 0 aliphatic carbocycles. The van der Waals surface area contributed by atoms with Gasteiger partial charge in [-0.3, -0.25) is 9.59 Å². The highest BCUT2D eigenvalue weighted by molar-refractivity contribution is 6.05. The Labute approximate surface area is 157 Å². The van der Waals surface area contributed by atoms with E-state index in [1.807, 2.05) is 29.2 Å². The van der Waals surface area contributed by atoms with Crippen LogP contribution < -0.4 is 4.90 Å². The van der Waals surface area contributed by atoms with Gasteiger partial charge >= 0.3 is 5.97 Å². The zero-order chi connectivity index (χ0) is 19.0. The number of aromatic carboxylic acids is 1. The zero-order valence-corrected chi connectivity index (χ0v) is 14.8. The van der Waals surface area contributed by atoms with E-state index < -0.39 is 5.97 Å². The highest BCUT2D eigenvalue weighted by Gasteiger charge is 2.35. The van der Waals surface area contributed by atoms with Crippen LogP contribution in [0.1, 0.15) is 39.1 Å². The molecule has 2 aliphatic rings. The molecule has 4 rings (SSSR count). The van der Waals surface area contributed by atoms with Crippen LogP contribution in [0, 0.1) is 0 Å². The summed E-state index contributed by atoms with van der Waals surface area (Å²) in [7, 11) is 0. The van der Waals surface area contributed by atoms with Crippen molar-refractivity contribution in [2.24, 2.45) is 0 Å². The van der Waals surface area contributed by atoms with Gasteiger partial charge in [-0.2, -0.15) is 0 Å². The van der Waals surface area contributed by atoms with Crippen LogP contribution in [0.25, 0.3) is 0 Å². The lowest BCUT2D eigenvalue weighted by atomic mass is 10.0. The van der Waals surface area contributed by atoms with Gasteiger partial charge in [-0.1, -0.05) is 30.3 Å². The van der Waals surface area contributed by atoms with Gasteiger partial charge in [-0.25, -0.2) is 4.79 Å². The molecule has 0 saturated carbocycles. The molecule has 2 aliphatic heterocycles. The minimum atomic E-state index is -1.10. The van der Waals surface area contributed by atoms with E-state index in [2.05, 4.69) is 0 Å². The topological polar surface area (TPSA) is 77.9 Å². The Hall–Kier alpha value is -3.15. The molecule has 0 aromatic heterocycles. The minimum Gasteiger partial charge on any atom is -0.478 e. The molecule has 2 heterocycles. The third kappa shape index (κ3) is 3.07. The van der Waals surface area contributed by atoms with Crippen molar-refractivity contribution < 1.29 is 19.5 Å². The zero-order valence-electron chi connectivity index (χ0n) is 14.8. The molecule has 0 unspecified atom stereocenters. The Morgan fingerprint density at radius 3 is 2.26 bits per heavy atom. The van der Waals surface area contributed by atoms with E-state index in [4.69, 9.17) is 0 Å². The minimum absolute atomic E-state index is 0.0215. The van der Waals surface area contributed by atoms with E-state index in [9.17, 15) is 19.5 Å². The molecular formula is C21H20N2O4. The Balaban J connectivity index is 1.48. The maximum absolute atomic E-state index is 12.8. The number of amides is 2. The lowest BCUT2D eigenvalue weighted by molar-refractivity contribution is -0.118. The summed E-state index contributed by atoms with van der Waals surface area (Å²) in [5.41, 5.74) is 2.26. The molecule has 1 N–H and O–H groups in total. The number of hydrogen-bond donors (Lipinski definition) is 1. The fourth-order valence-corrected chi connectivity index (χ4v) is 4.03. The van der Waals surface area contributed by atoms with Crippen LogP contribution in [0.5, 0.6) is 0 Å². The summed E-state index contributed by atoms with van der Waals surface area (Å²) < 4.78 is 0. The second-order valence-electron chi connectivity index (χ2n) is 6.94. The van der Waals surface area contributed by atoms with Gasteiger partial charge < -0.3 is 14.9 Å². The molecule has 1 fully saturated rings. The van der Waals surface area contributed by atoms with Gasteiger partial charge in [0.2, 0.25) is 5.91 Å². The summed E-state index contributed by atoms with van der Waals surface area (Å²) >= 11 is 0. The number of anilines is 1. The number of benzene rings is 2. The van der Waals surface area contributed by atoms with Gasteiger partial charge in [0.15, 0.2) is 0 Å². The monoisotopic (exact) mass is 364 g/mol. The van der Waals surface area contributed by atoms with Crippen LogP contribution in [0.3, 0.4) is 0 Å². The Bertz CT molecular complexity index is 916. The summed E-state index contributed by atoms with van der Waals surface area (Å²) in [4.78, 5) is 40.2. The summed E-state index contributed by atoms with van der Waals surface area (Å²) in [6, 6.07) is 14.2. The number of rotatable bonds is 3. The number of fused-ring (bicyclic) bond motifs is 1. The van der Waals surface area contributed by atoms with Crippen LogP contribution in [0.15, 0.2) is 48.5 Å². The van der Waals surface area contributed by atoms with Crippen LogP contribution in [0.2, 0.25) is 0 Å². The molecule has 2 aromatic carbocycles. The van der Waals surface area contributed by atoms with Gasteiger partial charge in [-0.05, 0) is 36.6 Å². The van der Waals surface area contributed by atoms with Crippen LogP contribution in [-0.2, 0) is 11.2 Å². The lowest BCUT2D eigenvalue weighted by Crippen LogP contribution is -2.48. The number of carbonyl (C=O) groups excluding carboxylic acids is 2. The number of piperidine rings is 1. The van der Waals surface area contributed by atoms with E-state index in [0.29, 0.717) is 32.4 Å². The normalized spacial score (nSPS) is 17.1. The fraction of sp³-hybridized carbons (Fsp3) is 0.286. The largest absolute Gasteiger partial charge is 0.478 e. The second-order valence-corrected chi connectivity index (χ2v) is 6.94. The maximum atomic E-state index is 12.8. The van der Waals surface area contributed by atoms with Crippen molar-refractivity contribution in [3.63, 3.8) is 0 Å². The number of para-hydroxylation sites is 1. The van der Waals surface area contributed by atoms with Crippen LogP contribution >= 0.6 is 0 Å². The van der Waals surface area contributed by atoms with Crippen molar-refractivity contribution in [3.8, 4) is 0 Å². The average Bonchev–Trinajstić information content (AvgIpc) is 3.03. The van der Waals surface area contributed by atoms with Crippen molar-refractivity contribution in [1.82, 2.24) is 4.90 Å². The predicted molar refractivity (Wildman–Crippen MR) is 100.0 cm³/mol. The SMILES string of the molecule is O=C(O)c1ccccc1C(=O)N1CCC(N2C(=O)Cc3ccccc32)CC1. The molecular weight excluding hydrogens is 344 g/mol. The Morgan fingerprint density at radius 1 is 0.926 bits per heavy atom. The third-order valence-electron chi connectivity index (χ3n) is 5.37. The van der Waals surface area contributed by atoms with Crippen molar-refractivity contribution in [2.75, 3.05) is 18.0 Å². The van der Waals surface area contributed by atoms with Crippen LogP contribution in [0.4, 0.5) is 5.69 Å². The summed E-state index contributed by atoms with van der Waals surface area (Å²) in [6.07, 6.45) is 1.80. The summed E-state index contributed by atoms with van der Waals surface area (Å²) in [6.45, 7) is 1.01. The number of carbonyl (C=O) groups is 3. The number of carboxylic acids is 1.